The van der Waals surface area contributed by atoms with E-state index in [0.29, 0.717) is 22.3 Å². The summed E-state index contributed by atoms with van der Waals surface area (Å²) in [5.74, 6) is -0.494. The number of nitrogens with zero attached hydrogens (tertiary/aromatic N) is 1. The standard InChI is InChI=1S/C14H21ClN2O2/c1-8(2)5-9(3)17(4)13-11(14(18)19)6-10(16)7-12(13)15/h6-9H,5,16H2,1-4H3,(H,18,19). The molecule has 1 aromatic carbocycles. The van der Waals surface area contributed by atoms with E-state index in [9.17, 15) is 9.90 Å². The minimum atomic E-state index is -1.02. The molecule has 0 saturated carbocycles. The van der Waals surface area contributed by atoms with Gasteiger partial charge in [0.05, 0.1) is 16.3 Å². The Bertz CT molecular complexity index is 475. The molecule has 106 valence electrons. The minimum Gasteiger partial charge on any atom is -0.478 e. The first kappa shape index (κ1) is 15.6. The Hall–Kier alpha value is -1.42. The van der Waals surface area contributed by atoms with E-state index in [1.165, 1.54) is 6.07 Å². The number of nitrogens with two attached hydrogens (primary N) is 1. The molecule has 1 aromatic rings. The Labute approximate surface area is 119 Å². The second-order valence-corrected chi connectivity index (χ2v) is 5.70. The van der Waals surface area contributed by atoms with E-state index in [4.69, 9.17) is 17.3 Å². The summed E-state index contributed by atoms with van der Waals surface area (Å²) >= 11 is 6.17. The van der Waals surface area contributed by atoms with E-state index in [2.05, 4.69) is 20.8 Å². The van der Waals surface area contributed by atoms with Crippen LogP contribution in [0.4, 0.5) is 11.4 Å². The van der Waals surface area contributed by atoms with Crippen molar-refractivity contribution in [2.75, 3.05) is 17.7 Å². The van der Waals surface area contributed by atoms with E-state index >= 15 is 0 Å². The zero-order valence-electron chi connectivity index (χ0n) is 11.8. The third kappa shape index (κ3) is 3.77. The van der Waals surface area contributed by atoms with E-state index in [0.717, 1.165) is 6.42 Å². The van der Waals surface area contributed by atoms with Crippen molar-refractivity contribution in [2.45, 2.75) is 33.2 Å². The topological polar surface area (TPSA) is 66.6 Å². The van der Waals surface area contributed by atoms with Crippen molar-refractivity contribution in [1.82, 2.24) is 0 Å². The van der Waals surface area contributed by atoms with Crippen LogP contribution in [0, 0.1) is 5.92 Å². The molecule has 0 aliphatic rings. The van der Waals surface area contributed by atoms with Gasteiger partial charge in [0.25, 0.3) is 0 Å². The van der Waals surface area contributed by atoms with Crippen LogP contribution < -0.4 is 10.6 Å². The highest BCUT2D eigenvalue weighted by Crippen LogP contribution is 2.33. The highest BCUT2D eigenvalue weighted by Gasteiger charge is 2.21. The van der Waals surface area contributed by atoms with Crippen molar-refractivity contribution in [1.29, 1.82) is 0 Å². The van der Waals surface area contributed by atoms with E-state index < -0.39 is 5.97 Å². The first-order valence-electron chi connectivity index (χ1n) is 6.29. The maximum atomic E-state index is 11.3. The van der Waals surface area contributed by atoms with Crippen LogP contribution in [-0.2, 0) is 0 Å². The molecule has 0 heterocycles. The van der Waals surface area contributed by atoms with Crippen LogP contribution in [0.15, 0.2) is 12.1 Å². The number of anilines is 2. The zero-order chi connectivity index (χ0) is 14.7. The first-order chi connectivity index (χ1) is 8.73. The lowest BCUT2D eigenvalue weighted by Crippen LogP contribution is -2.31. The van der Waals surface area contributed by atoms with E-state index in [1.54, 1.807) is 6.07 Å². The van der Waals surface area contributed by atoms with Crippen molar-refractivity contribution in [3.63, 3.8) is 0 Å². The number of carboxylic acids is 1. The molecule has 0 aliphatic heterocycles. The number of aromatic carboxylic acids is 1. The van der Waals surface area contributed by atoms with Gasteiger partial charge in [-0.25, -0.2) is 4.79 Å². The number of carbonyl (C=O) groups is 1. The molecule has 0 spiro atoms. The Morgan fingerprint density at radius 2 is 2.00 bits per heavy atom. The number of hydrogen-bond acceptors (Lipinski definition) is 3. The summed E-state index contributed by atoms with van der Waals surface area (Å²) in [4.78, 5) is 13.2. The van der Waals surface area contributed by atoms with Gasteiger partial charge < -0.3 is 15.7 Å². The summed E-state index contributed by atoms with van der Waals surface area (Å²) in [6.07, 6.45) is 0.955. The third-order valence-electron chi connectivity index (χ3n) is 3.14. The lowest BCUT2D eigenvalue weighted by atomic mass is 10.0. The molecule has 1 unspecified atom stereocenters. The highest BCUT2D eigenvalue weighted by molar-refractivity contribution is 6.34. The predicted molar refractivity (Wildman–Crippen MR) is 80.1 cm³/mol. The Morgan fingerprint density at radius 3 is 2.47 bits per heavy atom. The molecule has 0 saturated heterocycles. The van der Waals surface area contributed by atoms with Gasteiger partial charge in [-0.3, -0.25) is 0 Å². The minimum absolute atomic E-state index is 0.142. The van der Waals surface area contributed by atoms with Gasteiger partial charge in [-0.05, 0) is 31.4 Å². The van der Waals surface area contributed by atoms with Gasteiger partial charge in [0.1, 0.15) is 0 Å². The average molecular weight is 285 g/mol. The van der Waals surface area contributed by atoms with Gasteiger partial charge >= 0.3 is 5.97 Å². The third-order valence-corrected chi connectivity index (χ3v) is 3.43. The number of nitrogen functional groups attached to an aromatic ring is 1. The SMILES string of the molecule is CC(C)CC(C)N(C)c1c(Cl)cc(N)cc1C(=O)O. The number of benzene rings is 1. The lowest BCUT2D eigenvalue weighted by Gasteiger charge is -2.30. The maximum absolute atomic E-state index is 11.3. The second kappa shape index (κ2) is 6.15. The fraction of sp³-hybridized carbons (Fsp3) is 0.500. The zero-order valence-corrected chi connectivity index (χ0v) is 12.5. The molecule has 3 N–H and O–H groups in total. The van der Waals surface area contributed by atoms with Crippen LogP contribution in [0.5, 0.6) is 0 Å². The second-order valence-electron chi connectivity index (χ2n) is 5.29. The summed E-state index contributed by atoms with van der Waals surface area (Å²) in [7, 11) is 1.86. The molecule has 0 amide bonds. The molecule has 4 nitrogen and oxygen atoms in total. The average Bonchev–Trinajstić information content (AvgIpc) is 2.25. The van der Waals surface area contributed by atoms with Gasteiger partial charge in [0.2, 0.25) is 0 Å². The lowest BCUT2D eigenvalue weighted by molar-refractivity contribution is 0.0697. The predicted octanol–water partition coefficient (Wildman–Crippen LogP) is 3.49. The van der Waals surface area contributed by atoms with Crippen LogP contribution in [0.2, 0.25) is 5.02 Å². The molecule has 0 radical (unpaired) electrons. The molecule has 0 aromatic heterocycles. The van der Waals surface area contributed by atoms with E-state index in [-0.39, 0.29) is 11.6 Å². The van der Waals surface area contributed by atoms with E-state index in [1.807, 2.05) is 11.9 Å². The number of halogens is 1. The number of carboxylic acid groups (broad SMARTS) is 1. The molecule has 0 fully saturated rings. The van der Waals surface area contributed by atoms with Crippen LogP contribution in [0.25, 0.3) is 0 Å². The number of hydrogen-bond donors (Lipinski definition) is 2. The summed E-state index contributed by atoms with van der Waals surface area (Å²) in [5, 5.41) is 9.66. The Balaban J connectivity index is 3.21. The van der Waals surface area contributed by atoms with Crippen molar-refractivity contribution < 1.29 is 9.90 Å². The van der Waals surface area contributed by atoms with Gasteiger partial charge in [0.15, 0.2) is 0 Å². The molecule has 0 bridgehead atoms. The highest BCUT2D eigenvalue weighted by atomic mass is 35.5. The van der Waals surface area contributed by atoms with Gasteiger partial charge in [-0.2, -0.15) is 0 Å². The van der Waals surface area contributed by atoms with Gasteiger partial charge in [0, 0.05) is 18.8 Å². The van der Waals surface area contributed by atoms with Crippen LogP contribution in [0.1, 0.15) is 37.6 Å². The van der Waals surface area contributed by atoms with Crippen LogP contribution >= 0.6 is 11.6 Å². The Kier molecular flexibility index (Phi) is 5.06. The first-order valence-corrected chi connectivity index (χ1v) is 6.67. The van der Waals surface area contributed by atoms with Crippen molar-refractivity contribution in [3.05, 3.63) is 22.7 Å². The molecule has 19 heavy (non-hydrogen) atoms. The molecule has 1 rings (SSSR count). The smallest absolute Gasteiger partial charge is 0.337 e. The monoisotopic (exact) mass is 284 g/mol. The maximum Gasteiger partial charge on any atom is 0.337 e. The van der Waals surface area contributed by atoms with Crippen molar-refractivity contribution in [3.8, 4) is 0 Å². The van der Waals surface area contributed by atoms with Gasteiger partial charge in [-0.1, -0.05) is 25.4 Å². The van der Waals surface area contributed by atoms with Crippen molar-refractivity contribution in [2.24, 2.45) is 5.92 Å². The molecular formula is C14H21ClN2O2. The molecule has 1 atom stereocenters. The fourth-order valence-corrected chi connectivity index (χ4v) is 2.56. The van der Waals surface area contributed by atoms with Crippen molar-refractivity contribution >= 4 is 28.9 Å². The summed E-state index contributed by atoms with van der Waals surface area (Å²) in [5.41, 5.74) is 6.68. The summed E-state index contributed by atoms with van der Waals surface area (Å²) < 4.78 is 0. The molecular weight excluding hydrogens is 264 g/mol. The number of rotatable bonds is 5. The fourth-order valence-electron chi connectivity index (χ4n) is 2.20. The van der Waals surface area contributed by atoms with Crippen LogP contribution in [-0.4, -0.2) is 24.2 Å². The quantitative estimate of drug-likeness (QED) is 0.812. The Morgan fingerprint density at radius 1 is 1.42 bits per heavy atom. The molecule has 0 aliphatic carbocycles. The normalized spacial score (nSPS) is 12.5. The van der Waals surface area contributed by atoms with Gasteiger partial charge in [-0.15, -0.1) is 0 Å². The molecule has 5 heteroatoms. The summed E-state index contributed by atoms with van der Waals surface area (Å²) in [6.45, 7) is 6.32. The largest absolute Gasteiger partial charge is 0.478 e. The summed E-state index contributed by atoms with van der Waals surface area (Å²) in [6, 6.07) is 3.23. The van der Waals surface area contributed by atoms with Crippen LogP contribution in [0.3, 0.4) is 0 Å².